The van der Waals surface area contributed by atoms with Crippen molar-refractivity contribution >= 4 is 23.7 Å². The summed E-state index contributed by atoms with van der Waals surface area (Å²) in [5.74, 6) is -3.07. The van der Waals surface area contributed by atoms with Gasteiger partial charge in [-0.3, -0.25) is 4.79 Å². The second-order valence-electron chi connectivity index (χ2n) is 7.23. The number of carbonyl (C=O) groups is 3. The van der Waals surface area contributed by atoms with Crippen LogP contribution in [0.2, 0.25) is 0 Å². The number of hydrogen-bond donors (Lipinski definition) is 3. The minimum absolute atomic E-state index is 0.100. The van der Waals surface area contributed by atoms with Crippen molar-refractivity contribution in [2.45, 2.75) is 5.92 Å². The van der Waals surface area contributed by atoms with E-state index in [1.54, 1.807) is 0 Å². The van der Waals surface area contributed by atoms with Crippen molar-refractivity contribution in [3.05, 3.63) is 89.2 Å². The zero-order valence-corrected chi connectivity index (χ0v) is 16.8. The van der Waals surface area contributed by atoms with E-state index in [1.165, 1.54) is 6.07 Å². The Hall–Kier alpha value is -4.20. The molecule has 7 nitrogen and oxygen atoms in total. The molecule has 0 radical (unpaired) electrons. The number of ether oxygens (including phenoxy) is 1. The number of anilines is 1. The smallest absolute Gasteiger partial charge is 0.407 e. The Morgan fingerprint density at radius 1 is 0.938 bits per heavy atom. The largest absolute Gasteiger partial charge is 0.478 e. The normalized spacial score (nSPS) is 11.9. The Morgan fingerprint density at radius 2 is 1.56 bits per heavy atom. The Morgan fingerprint density at radius 3 is 2.19 bits per heavy atom. The summed E-state index contributed by atoms with van der Waals surface area (Å²) in [5.41, 5.74) is 3.90. The van der Waals surface area contributed by atoms with Crippen LogP contribution in [0.5, 0.6) is 0 Å². The van der Waals surface area contributed by atoms with Crippen LogP contribution in [0, 0.1) is 5.82 Å². The molecule has 1 aliphatic carbocycles. The van der Waals surface area contributed by atoms with Gasteiger partial charge in [0.1, 0.15) is 19.0 Å². The van der Waals surface area contributed by atoms with Crippen molar-refractivity contribution < 1.29 is 28.6 Å². The lowest BCUT2D eigenvalue weighted by Crippen LogP contribution is -2.34. The maximum Gasteiger partial charge on any atom is 0.407 e. The Kier molecular flexibility index (Phi) is 5.85. The van der Waals surface area contributed by atoms with Gasteiger partial charge in [-0.05, 0) is 40.5 Å². The lowest BCUT2D eigenvalue weighted by molar-refractivity contribution is -0.115. The molecule has 3 aromatic carbocycles. The van der Waals surface area contributed by atoms with E-state index in [-0.39, 0.29) is 18.2 Å². The van der Waals surface area contributed by atoms with E-state index in [2.05, 4.69) is 10.6 Å². The van der Waals surface area contributed by atoms with Crippen LogP contribution < -0.4 is 10.6 Å². The number of carbonyl (C=O) groups excluding carboxylic acids is 2. The molecule has 1 aliphatic rings. The Labute approximate surface area is 182 Å². The number of amides is 2. The third-order valence-electron chi connectivity index (χ3n) is 5.22. The molecule has 0 unspecified atom stereocenters. The van der Waals surface area contributed by atoms with Crippen molar-refractivity contribution in [2.75, 3.05) is 18.5 Å². The van der Waals surface area contributed by atoms with Crippen molar-refractivity contribution in [1.29, 1.82) is 0 Å². The molecule has 4 rings (SSSR count). The molecule has 3 aromatic rings. The predicted octanol–water partition coefficient (Wildman–Crippen LogP) is 4.00. The highest BCUT2D eigenvalue weighted by atomic mass is 19.1. The highest BCUT2D eigenvalue weighted by Gasteiger charge is 2.29. The summed E-state index contributed by atoms with van der Waals surface area (Å²) >= 11 is 0. The van der Waals surface area contributed by atoms with Gasteiger partial charge in [0.25, 0.3) is 0 Å². The number of carboxylic acids is 1. The van der Waals surface area contributed by atoms with Crippen LogP contribution >= 0.6 is 0 Å². The number of carboxylic acid groups (broad SMARTS) is 1. The molecule has 162 valence electrons. The predicted molar refractivity (Wildman–Crippen MR) is 115 cm³/mol. The van der Waals surface area contributed by atoms with E-state index in [0.717, 1.165) is 34.4 Å². The number of nitrogens with one attached hydrogen (secondary N) is 2. The van der Waals surface area contributed by atoms with E-state index in [4.69, 9.17) is 9.84 Å². The first-order valence-corrected chi connectivity index (χ1v) is 9.85. The number of aromatic carboxylic acids is 1. The number of fused-ring (bicyclic) bond motifs is 3. The lowest BCUT2D eigenvalue weighted by Gasteiger charge is -2.14. The standard InChI is InChI=1S/C24H19FN2O5/c25-21-10-9-14(11-19(21)23(29)30)27-22(28)12-26-24(31)32-13-20-17-7-3-1-5-15(17)16-6-2-4-8-18(16)20/h1-11,20H,12-13H2,(H,26,31)(H,27,28)(H,29,30). The van der Waals surface area contributed by atoms with Crippen LogP contribution in [0.15, 0.2) is 66.7 Å². The number of rotatable bonds is 6. The number of halogens is 1. The fraction of sp³-hybridized carbons (Fsp3) is 0.125. The van der Waals surface area contributed by atoms with Crippen LogP contribution in [0.25, 0.3) is 11.1 Å². The van der Waals surface area contributed by atoms with Gasteiger partial charge >= 0.3 is 12.1 Å². The van der Waals surface area contributed by atoms with E-state index in [1.807, 2.05) is 48.5 Å². The molecule has 0 saturated heterocycles. The average Bonchev–Trinajstić information content (AvgIpc) is 3.11. The minimum atomic E-state index is -1.45. The minimum Gasteiger partial charge on any atom is -0.478 e. The van der Waals surface area contributed by atoms with Gasteiger partial charge in [0, 0.05) is 11.6 Å². The fourth-order valence-electron chi connectivity index (χ4n) is 3.77. The summed E-state index contributed by atoms with van der Waals surface area (Å²) in [7, 11) is 0. The highest BCUT2D eigenvalue weighted by Crippen LogP contribution is 2.44. The van der Waals surface area contributed by atoms with Gasteiger partial charge in [-0.15, -0.1) is 0 Å². The molecule has 0 spiro atoms. The lowest BCUT2D eigenvalue weighted by atomic mass is 9.98. The van der Waals surface area contributed by atoms with Gasteiger partial charge in [-0.25, -0.2) is 14.0 Å². The third kappa shape index (κ3) is 4.29. The fourth-order valence-corrected chi connectivity index (χ4v) is 3.77. The van der Waals surface area contributed by atoms with Gasteiger partial charge < -0.3 is 20.5 Å². The monoisotopic (exact) mass is 434 g/mol. The molecule has 3 N–H and O–H groups in total. The molecule has 0 aliphatic heterocycles. The van der Waals surface area contributed by atoms with Gasteiger partial charge in [0.2, 0.25) is 5.91 Å². The highest BCUT2D eigenvalue weighted by molar-refractivity contribution is 5.96. The van der Waals surface area contributed by atoms with Crippen molar-refractivity contribution in [3.8, 4) is 11.1 Å². The summed E-state index contributed by atoms with van der Waals surface area (Å²) < 4.78 is 18.8. The van der Waals surface area contributed by atoms with Crippen LogP contribution in [0.3, 0.4) is 0 Å². The third-order valence-corrected chi connectivity index (χ3v) is 5.22. The first-order valence-electron chi connectivity index (χ1n) is 9.85. The van der Waals surface area contributed by atoms with Gasteiger partial charge in [0.05, 0.1) is 5.56 Å². The van der Waals surface area contributed by atoms with Crippen molar-refractivity contribution in [3.63, 3.8) is 0 Å². The molecular formula is C24H19FN2O5. The molecule has 0 atom stereocenters. The van der Waals surface area contributed by atoms with E-state index >= 15 is 0 Å². The van der Waals surface area contributed by atoms with E-state index in [0.29, 0.717) is 0 Å². The number of benzene rings is 3. The molecule has 0 saturated carbocycles. The molecule has 8 heteroatoms. The van der Waals surface area contributed by atoms with Crippen LogP contribution in [0.4, 0.5) is 14.9 Å². The van der Waals surface area contributed by atoms with Crippen LogP contribution in [-0.2, 0) is 9.53 Å². The van der Waals surface area contributed by atoms with E-state index < -0.39 is 35.9 Å². The van der Waals surface area contributed by atoms with Gasteiger partial charge in [-0.1, -0.05) is 48.5 Å². The second kappa shape index (κ2) is 8.89. The molecule has 0 fully saturated rings. The summed E-state index contributed by atoms with van der Waals surface area (Å²) in [6, 6.07) is 19.0. The average molecular weight is 434 g/mol. The summed E-state index contributed by atoms with van der Waals surface area (Å²) in [5, 5.41) is 13.7. The summed E-state index contributed by atoms with van der Waals surface area (Å²) in [4.78, 5) is 35.2. The SMILES string of the molecule is O=C(CNC(=O)OCC1c2ccccc2-c2ccccc21)Nc1ccc(F)c(C(=O)O)c1. The number of hydrogen-bond acceptors (Lipinski definition) is 4. The van der Waals surface area contributed by atoms with Crippen molar-refractivity contribution in [2.24, 2.45) is 0 Å². The quantitative estimate of drug-likeness (QED) is 0.544. The molecule has 0 heterocycles. The molecule has 0 bridgehead atoms. The summed E-state index contributed by atoms with van der Waals surface area (Å²) in [6.45, 7) is -0.280. The molecule has 2 amide bonds. The molecule has 0 aromatic heterocycles. The summed E-state index contributed by atoms with van der Waals surface area (Å²) in [6.07, 6.45) is -0.757. The second-order valence-corrected chi connectivity index (χ2v) is 7.23. The topological polar surface area (TPSA) is 105 Å². The Balaban J connectivity index is 1.32. The first-order chi connectivity index (χ1) is 15.4. The Bertz CT molecular complexity index is 1160. The zero-order valence-electron chi connectivity index (χ0n) is 16.8. The molecular weight excluding hydrogens is 415 g/mol. The zero-order chi connectivity index (χ0) is 22.7. The van der Waals surface area contributed by atoms with E-state index in [9.17, 15) is 18.8 Å². The number of alkyl carbamates (subject to hydrolysis) is 1. The van der Waals surface area contributed by atoms with Gasteiger partial charge in [0.15, 0.2) is 0 Å². The first kappa shape index (κ1) is 21.0. The van der Waals surface area contributed by atoms with Crippen LogP contribution in [0.1, 0.15) is 27.4 Å². The maximum absolute atomic E-state index is 13.4. The molecule has 32 heavy (non-hydrogen) atoms. The van der Waals surface area contributed by atoms with Crippen LogP contribution in [-0.4, -0.2) is 36.2 Å². The van der Waals surface area contributed by atoms with Crippen molar-refractivity contribution in [1.82, 2.24) is 5.32 Å². The van der Waals surface area contributed by atoms with Gasteiger partial charge in [-0.2, -0.15) is 0 Å². The maximum atomic E-state index is 13.4.